The first kappa shape index (κ1) is 23.8. The average Bonchev–Trinajstić information content (AvgIpc) is 3.18. The summed E-state index contributed by atoms with van der Waals surface area (Å²) >= 11 is 0. The van der Waals surface area contributed by atoms with Gasteiger partial charge in [-0.15, -0.1) is 0 Å². The number of hydrogen-bond donors (Lipinski definition) is 1. The predicted octanol–water partition coefficient (Wildman–Crippen LogP) is 3.40. The maximum Gasteiger partial charge on any atom is 0.229 e. The highest BCUT2D eigenvalue weighted by atomic mass is 19.1. The molecule has 33 heavy (non-hydrogen) atoms. The van der Waals surface area contributed by atoms with Crippen LogP contribution in [0, 0.1) is 17.0 Å². The number of likely N-dealkylation sites (N-methyl/N-ethyl adjacent to an activating group) is 1. The molecule has 4 rings (SSSR count). The number of aliphatic hydroxyl groups is 1. The van der Waals surface area contributed by atoms with Crippen LogP contribution in [0.2, 0.25) is 0 Å². The van der Waals surface area contributed by atoms with Gasteiger partial charge in [0.05, 0.1) is 17.6 Å². The molecule has 2 aromatic carbocycles. The lowest BCUT2D eigenvalue weighted by Gasteiger charge is -2.39. The van der Waals surface area contributed by atoms with Gasteiger partial charge >= 0.3 is 0 Å². The number of β-amino-alcohol motifs (C(OH)–C–C–N with tert-alkyl or cyclic N) is 1. The summed E-state index contributed by atoms with van der Waals surface area (Å²) in [4.78, 5) is 17.5. The fourth-order valence-corrected chi connectivity index (χ4v) is 5.18. The molecule has 0 aliphatic carbocycles. The number of hydrogen-bond acceptors (Lipinski definition) is 4. The van der Waals surface area contributed by atoms with E-state index in [0.717, 1.165) is 11.1 Å². The zero-order valence-corrected chi connectivity index (χ0v) is 19.1. The highest BCUT2D eigenvalue weighted by molar-refractivity contribution is 5.83. The van der Waals surface area contributed by atoms with Crippen molar-refractivity contribution in [3.63, 3.8) is 0 Å². The van der Waals surface area contributed by atoms with Crippen molar-refractivity contribution < 1.29 is 23.4 Å². The zero-order valence-electron chi connectivity index (χ0n) is 19.1. The molecule has 0 unspecified atom stereocenters. The van der Waals surface area contributed by atoms with Gasteiger partial charge in [0.1, 0.15) is 11.6 Å². The molecule has 2 saturated heterocycles. The molecule has 1 N–H and O–H groups in total. The minimum atomic E-state index is -0.993. The molecule has 2 aliphatic rings. The Balaban J connectivity index is 1.41. The molecule has 0 radical (unpaired) electrons. The van der Waals surface area contributed by atoms with Gasteiger partial charge in [0.15, 0.2) is 0 Å². The molecular weight excluding hydrogens is 426 g/mol. The summed E-state index contributed by atoms with van der Waals surface area (Å²) in [6.07, 6.45) is 2.27. The van der Waals surface area contributed by atoms with Gasteiger partial charge in [0.25, 0.3) is 0 Å². The molecule has 0 saturated carbocycles. The minimum absolute atomic E-state index is 0.0484. The van der Waals surface area contributed by atoms with Crippen LogP contribution in [0.5, 0.6) is 0 Å². The van der Waals surface area contributed by atoms with E-state index in [2.05, 4.69) is 0 Å². The summed E-state index contributed by atoms with van der Waals surface area (Å²) in [5, 5.41) is 11.2. The van der Waals surface area contributed by atoms with E-state index in [1.54, 1.807) is 29.2 Å². The second kappa shape index (κ2) is 9.87. The van der Waals surface area contributed by atoms with Crippen molar-refractivity contribution in [2.75, 3.05) is 39.9 Å². The molecule has 2 heterocycles. The highest BCUT2D eigenvalue weighted by Gasteiger charge is 2.47. The van der Waals surface area contributed by atoms with Crippen LogP contribution in [0.25, 0.3) is 0 Å². The highest BCUT2D eigenvalue weighted by Crippen LogP contribution is 2.38. The van der Waals surface area contributed by atoms with Crippen LogP contribution >= 0.6 is 0 Å². The fraction of sp³-hybridized carbons (Fsp3) is 0.500. The summed E-state index contributed by atoms with van der Waals surface area (Å²) in [6.45, 7) is 2.83. The molecule has 0 aromatic heterocycles. The van der Waals surface area contributed by atoms with Gasteiger partial charge in [0.2, 0.25) is 5.91 Å². The normalized spacial score (nSPS) is 22.6. The number of carbonyl (C=O) groups is 1. The second-order valence-corrected chi connectivity index (χ2v) is 9.70. The van der Waals surface area contributed by atoms with Crippen molar-refractivity contribution in [2.45, 2.75) is 37.8 Å². The number of ether oxygens (including phenoxy) is 1. The number of carbonyl (C=O) groups excluding carboxylic acids is 1. The Morgan fingerprint density at radius 2 is 1.58 bits per heavy atom. The molecule has 2 aromatic rings. The first-order valence-electron chi connectivity index (χ1n) is 11.5. The lowest BCUT2D eigenvalue weighted by atomic mass is 9.74. The number of benzene rings is 2. The molecule has 0 spiro atoms. The number of rotatable bonds is 7. The first-order chi connectivity index (χ1) is 15.8. The van der Waals surface area contributed by atoms with Gasteiger partial charge in [0, 0.05) is 32.8 Å². The Morgan fingerprint density at radius 3 is 2.18 bits per heavy atom. The van der Waals surface area contributed by atoms with Crippen molar-refractivity contribution in [3.05, 3.63) is 71.3 Å². The summed E-state index contributed by atoms with van der Waals surface area (Å²) in [6, 6.07) is 12.7. The summed E-state index contributed by atoms with van der Waals surface area (Å²) in [5.41, 5.74) is 0.308. The number of likely N-dealkylation sites (tertiary alicyclic amines) is 1. The van der Waals surface area contributed by atoms with Crippen LogP contribution in [0.1, 0.15) is 30.4 Å². The Hall–Kier alpha value is -2.35. The minimum Gasteiger partial charge on any atom is -0.387 e. The van der Waals surface area contributed by atoms with Gasteiger partial charge in [-0.1, -0.05) is 24.3 Å². The van der Waals surface area contributed by atoms with Crippen LogP contribution in [-0.2, 0) is 22.5 Å². The van der Waals surface area contributed by atoms with Crippen molar-refractivity contribution in [1.29, 1.82) is 0 Å². The predicted molar refractivity (Wildman–Crippen MR) is 121 cm³/mol. The van der Waals surface area contributed by atoms with E-state index in [4.69, 9.17) is 4.74 Å². The van der Waals surface area contributed by atoms with Gasteiger partial charge in [-0.05, 0) is 68.1 Å². The monoisotopic (exact) mass is 458 g/mol. The van der Waals surface area contributed by atoms with Crippen molar-refractivity contribution in [2.24, 2.45) is 5.41 Å². The van der Waals surface area contributed by atoms with Crippen LogP contribution in [0.15, 0.2) is 48.5 Å². The van der Waals surface area contributed by atoms with Gasteiger partial charge < -0.3 is 14.7 Å². The average molecular weight is 459 g/mol. The smallest absolute Gasteiger partial charge is 0.229 e. The standard InChI is InChI=1S/C26H32F2N2O3/c1-29(17-21-4-8-23(28)9-5-21)18-26(32)10-13-30(19-26)24(31)25(11-14-33-15-12-25)16-20-2-6-22(27)7-3-20/h2-9,32H,10-19H2,1H3/t26-/m1/s1. The topological polar surface area (TPSA) is 53.0 Å². The van der Waals surface area contributed by atoms with Crippen molar-refractivity contribution >= 4 is 5.91 Å². The maximum absolute atomic E-state index is 13.7. The Labute approximate surface area is 194 Å². The van der Waals surface area contributed by atoms with E-state index in [-0.39, 0.29) is 24.1 Å². The maximum atomic E-state index is 13.7. The van der Waals surface area contributed by atoms with E-state index < -0.39 is 11.0 Å². The van der Waals surface area contributed by atoms with E-state index in [1.807, 2.05) is 11.9 Å². The van der Waals surface area contributed by atoms with Crippen LogP contribution in [0.4, 0.5) is 8.78 Å². The molecule has 2 fully saturated rings. The summed E-state index contributed by atoms with van der Waals surface area (Å²) in [7, 11) is 1.92. The SMILES string of the molecule is CN(Cc1ccc(F)cc1)C[C@]1(O)CCN(C(=O)C2(Cc3ccc(F)cc3)CCOCC2)C1. The number of nitrogens with zero attached hydrogens (tertiary/aromatic N) is 2. The third-order valence-corrected chi connectivity index (χ3v) is 6.91. The van der Waals surface area contributed by atoms with Crippen molar-refractivity contribution in [3.8, 4) is 0 Å². The van der Waals surface area contributed by atoms with Crippen molar-refractivity contribution in [1.82, 2.24) is 9.80 Å². The molecule has 1 amide bonds. The second-order valence-electron chi connectivity index (χ2n) is 9.70. The Morgan fingerprint density at radius 1 is 1.00 bits per heavy atom. The Bertz CT molecular complexity index is 945. The molecule has 5 nitrogen and oxygen atoms in total. The summed E-state index contributed by atoms with van der Waals surface area (Å²) < 4.78 is 32.1. The van der Waals surface area contributed by atoms with Gasteiger partial charge in [-0.25, -0.2) is 8.78 Å². The number of halogens is 2. The van der Waals surface area contributed by atoms with Crippen LogP contribution in [0.3, 0.4) is 0 Å². The lowest BCUT2D eigenvalue weighted by Crippen LogP contribution is -2.50. The first-order valence-corrected chi connectivity index (χ1v) is 11.5. The molecule has 178 valence electrons. The van der Waals surface area contributed by atoms with Gasteiger partial charge in [-0.3, -0.25) is 9.69 Å². The molecule has 1 atom stereocenters. The van der Waals surface area contributed by atoms with Crippen LogP contribution in [-0.4, -0.2) is 66.3 Å². The molecule has 0 bridgehead atoms. The molecule has 2 aliphatic heterocycles. The van der Waals surface area contributed by atoms with E-state index >= 15 is 0 Å². The quantitative estimate of drug-likeness (QED) is 0.691. The van der Waals surface area contributed by atoms with Crippen LogP contribution < -0.4 is 0 Å². The zero-order chi connectivity index (χ0) is 23.5. The molecular formula is C26H32F2N2O3. The summed E-state index contributed by atoms with van der Waals surface area (Å²) in [5.74, 6) is -0.514. The number of amides is 1. The third-order valence-electron chi connectivity index (χ3n) is 6.91. The molecule has 7 heteroatoms. The largest absolute Gasteiger partial charge is 0.387 e. The lowest BCUT2D eigenvalue weighted by molar-refractivity contribution is -0.148. The van der Waals surface area contributed by atoms with E-state index in [0.29, 0.717) is 58.5 Å². The fourth-order valence-electron chi connectivity index (χ4n) is 5.18. The van der Waals surface area contributed by atoms with E-state index in [9.17, 15) is 18.7 Å². The third kappa shape index (κ3) is 5.78. The Kier molecular flexibility index (Phi) is 7.12. The van der Waals surface area contributed by atoms with E-state index in [1.165, 1.54) is 24.3 Å². The van der Waals surface area contributed by atoms with Gasteiger partial charge in [-0.2, -0.15) is 0 Å².